The maximum atomic E-state index is 10.6. The topological polar surface area (TPSA) is 39.4 Å². The van der Waals surface area contributed by atoms with E-state index in [2.05, 4.69) is 0 Å². The Kier molecular flexibility index (Phi) is 2.00. The second kappa shape index (κ2) is 3.18. The number of rotatable bonds is 2. The van der Waals surface area contributed by atoms with E-state index in [1.54, 1.807) is 13.2 Å². The molecule has 2 rings (SSSR count). The Morgan fingerprint density at radius 2 is 2.21 bits per heavy atom. The Morgan fingerprint density at radius 3 is 2.86 bits per heavy atom. The summed E-state index contributed by atoms with van der Waals surface area (Å²) >= 11 is 0. The van der Waals surface area contributed by atoms with Gasteiger partial charge in [-0.2, -0.15) is 0 Å². The van der Waals surface area contributed by atoms with Crippen LogP contribution < -0.4 is 4.74 Å². The molecule has 0 fully saturated rings. The van der Waals surface area contributed by atoms with Crippen LogP contribution in [0.2, 0.25) is 0 Å². The molecule has 3 heteroatoms. The standard InChI is InChI=1S/C11H10O3/c1-7-9-4-3-8(13-2)5-10(9)14-11(7)6-12/h3-6H,1-2H3. The summed E-state index contributed by atoms with van der Waals surface area (Å²) in [6, 6.07) is 5.51. The van der Waals surface area contributed by atoms with Crippen LogP contribution in [0.4, 0.5) is 0 Å². The van der Waals surface area contributed by atoms with Crippen molar-refractivity contribution in [2.75, 3.05) is 7.11 Å². The average molecular weight is 190 g/mol. The fourth-order valence-corrected chi connectivity index (χ4v) is 1.46. The van der Waals surface area contributed by atoms with E-state index in [0.29, 0.717) is 11.3 Å². The molecule has 1 aromatic heterocycles. The number of hydrogen-bond donors (Lipinski definition) is 0. The summed E-state index contributed by atoms with van der Waals surface area (Å²) in [5.41, 5.74) is 1.56. The minimum atomic E-state index is 0.383. The fourth-order valence-electron chi connectivity index (χ4n) is 1.46. The van der Waals surface area contributed by atoms with Gasteiger partial charge in [0.25, 0.3) is 0 Å². The van der Waals surface area contributed by atoms with Crippen molar-refractivity contribution in [1.82, 2.24) is 0 Å². The zero-order valence-electron chi connectivity index (χ0n) is 8.03. The molecule has 0 unspecified atom stereocenters. The van der Waals surface area contributed by atoms with Crippen LogP contribution >= 0.6 is 0 Å². The lowest BCUT2D eigenvalue weighted by atomic mass is 10.1. The Morgan fingerprint density at radius 1 is 1.43 bits per heavy atom. The van der Waals surface area contributed by atoms with Crippen LogP contribution in [0.3, 0.4) is 0 Å². The second-order valence-corrected chi connectivity index (χ2v) is 3.07. The van der Waals surface area contributed by atoms with Gasteiger partial charge in [0, 0.05) is 17.0 Å². The van der Waals surface area contributed by atoms with Crippen molar-refractivity contribution < 1.29 is 13.9 Å². The van der Waals surface area contributed by atoms with Gasteiger partial charge in [-0.15, -0.1) is 0 Å². The summed E-state index contributed by atoms with van der Waals surface area (Å²) in [4.78, 5) is 10.6. The second-order valence-electron chi connectivity index (χ2n) is 3.07. The number of carbonyl (C=O) groups excluding carboxylic acids is 1. The molecule has 0 atom stereocenters. The molecule has 0 spiro atoms. The van der Waals surface area contributed by atoms with Crippen LogP contribution in [0, 0.1) is 6.92 Å². The van der Waals surface area contributed by atoms with Gasteiger partial charge in [0.05, 0.1) is 7.11 Å². The number of aryl methyl sites for hydroxylation is 1. The Labute approximate surface area is 81.3 Å². The largest absolute Gasteiger partial charge is 0.497 e. The number of hydrogen-bond acceptors (Lipinski definition) is 3. The highest BCUT2D eigenvalue weighted by Gasteiger charge is 2.09. The Bertz CT molecular complexity index is 482. The summed E-state index contributed by atoms with van der Waals surface area (Å²) < 4.78 is 10.4. The Hall–Kier alpha value is -1.77. The van der Waals surface area contributed by atoms with E-state index in [1.807, 2.05) is 19.1 Å². The smallest absolute Gasteiger partial charge is 0.185 e. The van der Waals surface area contributed by atoms with Gasteiger partial charge in [-0.05, 0) is 19.1 Å². The molecule has 0 amide bonds. The maximum absolute atomic E-state index is 10.6. The predicted molar refractivity (Wildman–Crippen MR) is 52.9 cm³/mol. The van der Waals surface area contributed by atoms with Crippen molar-refractivity contribution in [2.24, 2.45) is 0 Å². The van der Waals surface area contributed by atoms with Crippen LogP contribution in [-0.2, 0) is 0 Å². The quantitative estimate of drug-likeness (QED) is 0.683. The lowest BCUT2D eigenvalue weighted by Gasteiger charge is -1.97. The van der Waals surface area contributed by atoms with E-state index >= 15 is 0 Å². The van der Waals surface area contributed by atoms with Gasteiger partial charge < -0.3 is 9.15 Å². The molecule has 1 aromatic carbocycles. The average Bonchev–Trinajstić information content (AvgIpc) is 2.55. The van der Waals surface area contributed by atoms with Gasteiger partial charge in [0.1, 0.15) is 11.3 Å². The molecule has 0 bridgehead atoms. The van der Waals surface area contributed by atoms with Crippen LogP contribution in [0.5, 0.6) is 5.75 Å². The monoisotopic (exact) mass is 190 g/mol. The number of methoxy groups -OCH3 is 1. The van der Waals surface area contributed by atoms with Crippen LogP contribution in [0.1, 0.15) is 16.1 Å². The first kappa shape index (κ1) is 8.81. The minimum Gasteiger partial charge on any atom is -0.497 e. The minimum absolute atomic E-state index is 0.383. The third-order valence-electron chi connectivity index (χ3n) is 2.29. The van der Waals surface area contributed by atoms with Crippen molar-refractivity contribution in [3.8, 4) is 5.75 Å². The third kappa shape index (κ3) is 1.18. The van der Waals surface area contributed by atoms with E-state index in [4.69, 9.17) is 9.15 Å². The molecular weight excluding hydrogens is 180 g/mol. The molecule has 0 aliphatic heterocycles. The van der Waals surface area contributed by atoms with Gasteiger partial charge in [0.15, 0.2) is 12.0 Å². The number of benzene rings is 1. The van der Waals surface area contributed by atoms with Gasteiger partial charge in [-0.1, -0.05) is 0 Å². The highest BCUT2D eigenvalue weighted by Crippen LogP contribution is 2.27. The summed E-state index contributed by atoms with van der Waals surface area (Å²) in [6.45, 7) is 1.86. The molecule has 0 saturated carbocycles. The van der Waals surface area contributed by atoms with Crippen molar-refractivity contribution in [2.45, 2.75) is 6.92 Å². The maximum Gasteiger partial charge on any atom is 0.185 e. The first-order valence-corrected chi connectivity index (χ1v) is 4.28. The Balaban J connectivity index is 2.72. The third-order valence-corrected chi connectivity index (χ3v) is 2.29. The van der Waals surface area contributed by atoms with Crippen LogP contribution in [-0.4, -0.2) is 13.4 Å². The fraction of sp³-hybridized carbons (Fsp3) is 0.182. The summed E-state index contributed by atoms with van der Waals surface area (Å²) in [5, 5.41) is 0.952. The lowest BCUT2D eigenvalue weighted by molar-refractivity contribution is 0.110. The van der Waals surface area contributed by atoms with Gasteiger partial charge >= 0.3 is 0 Å². The molecule has 1 heterocycles. The van der Waals surface area contributed by atoms with E-state index in [1.165, 1.54) is 0 Å². The number of fused-ring (bicyclic) bond motifs is 1. The predicted octanol–water partition coefficient (Wildman–Crippen LogP) is 2.56. The van der Waals surface area contributed by atoms with E-state index in [-0.39, 0.29) is 0 Å². The molecule has 0 aliphatic carbocycles. The zero-order valence-corrected chi connectivity index (χ0v) is 8.03. The zero-order chi connectivity index (χ0) is 10.1. The highest BCUT2D eigenvalue weighted by molar-refractivity contribution is 5.90. The number of carbonyl (C=O) groups is 1. The molecule has 2 aromatic rings. The highest BCUT2D eigenvalue weighted by atomic mass is 16.5. The molecule has 3 nitrogen and oxygen atoms in total. The molecule has 0 radical (unpaired) electrons. The van der Waals surface area contributed by atoms with Crippen molar-refractivity contribution in [1.29, 1.82) is 0 Å². The molecule has 0 aliphatic rings. The summed E-state index contributed by atoms with van der Waals surface area (Å²) in [7, 11) is 1.59. The number of furan rings is 1. The van der Waals surface area contributed by atoms with Crippen LogP contribution in [0.25, 0.3) is 11.0 Å². The molecule has 72 valence electrons. The number of aldehydes is 1. The van der Waals surface area contributed by atoms with Gasteiger partial charge in [0.2, 0.25) is 0 Å². The molecule has 0 saturated heterocycles. The first-order valence-electron chi connectivity index (χ1n) is 4.28. The normalized spacial score (nSPS) is 10.4. The van der Waals surface area contributed by atoms with Crippen molar-refractivity contribution in [3.05, 3.63) is 29.5 Å². The van der Waals surface area contributed by atoms with E-state index < -0.39 is 0 Å². The summed E-state index contributed by atoms with van der Waals surface area (Å²) in [6.07, 6.45) is 0.724. The van der Waals surface area contributed by atoms with E-state index in [0.717, 1.165) is 23.0 Å². The van der Waals surface area contributed by atoms with Crippen LogP contribution in [0.15, 0.2) is 22.6 Å². The SMILES string of the molecule is COc1ccc2c(C)c(C=O)oc2c1. The summed E-state index contributed by atoms with van der Waals surface area (Å²) in [5.74, 6) is 1.11. The van der Waals surface area contributed by atoms with Crippen molar-refractivity contribution >= 4 is 17.3 Å². The van der Waals surface area contributed by atoms with E-state index in [9.17, 15) is 4.79 Å². The first-order chi connectivity index (χ1) is 6.76. The molecular formula is C11H10O3. The lowest BCUT2D eigenvalue weighted by Crippen LogP contribution is -1.80. The molecule has 0 N–H and O–H groups in total. The van der Waals surface area contributed by atoms with Gasteiger partial charge in [-0.3, -0.25) is 4.79 Å². The van der Waals surface area contributed by atoms with Crippen molar-refractivity contribution in [3.63, 3.8) is 0 Å². The number of ether oxygens (including phenoxy) is 1. The van der Waals surface area contributed by atoms with Gasteiger partial charge in [-0.25, -0.2) is 0 Å². The molecule has 14 heavy (non-hydrogen) atoms.